The van der Waals surface area contributed by atoms with E-state index >= 15 is 0 Å². The molecule has 6 nitrogen and oxygen atoms in total. The lowest BCUT2D eigenvalue weighted by molar-refractivity contribution is -0.0544. The first kappa shape index (κ1) is 15.6. The number of nitrogens with zero attached hydrogens (tertiary/aromatic N) is 4. The summed E-state index contributed by atoms with van der Waals surface area (Å²) in [7, 11) is 4.06. The summed E-state index contributed by atoms with van der Waals surface area (Å²) in [6.45, 7) is 3.97. The SMILES string of the molecule is CN1CCN(C(=O)c2nn(C)c3ccccc23)CC12CCOCC2. The van der Waals surface area contributed by atoms with Gasteiger partial charge >= 0.3 is 0 Å². The Kier molecular flexibility index (Phi) is 3.81. The van der Waals surface area contributed by atoms with Crippen LogP contribution in [0.25, 0.3) is 10.9 Å². The molecule has 0 saturated carbocycles. The number of carbonyl (C=O) groups is 1. The Morgan fingerprint density at radius 2 is 1.92 bits per heavy atom. The average molecular weight is 328 g/mol. The smallest absolute Gasteiger partial charge is 0.275 e. The molecule has 1 amide bonds. The topological polar surface area (TPSA) is 50.6 Å². The van der Waals surface area contributed by atoms with Crippen molar-refractivity contribution in [3.63, 3.8) is 0 Å². The molecule has 6 heteroatoms. The number of amides is 1. The van der Waals surface area contributed by atoms with E-state index in [-0.39, 0.29) is 11.4 Å². The summed E-state index contributed by atoms with van der Waals surface area (Å²) in [6, 6.07) is 7.93. The predicted molar refractivity (Wildman–Crippen MR) is 92.0 cm³/mol. The van der Waals surface area contributed by atoms with Gasteiger partial charge in [-0.05, 0) is 26.0 Å². The molecule has 0 bridgehead atoms. The van der Waals surface area contributed by atoms with E-state index in [1.165, 1.54) is 0 Å². The van der Waals surface area contributed by atoms with Crippen LogP contribution in [0.4, 0.5) is 0 Å². The summed E-state index contributed by atoms with van der Waals surface area (Å²) >= 11 is 0. The fourth-order valence-electron chi connectivity index (χ4n) is 4.05. The van der Waals surface area contributed by atoms with E-state index in [9.17, 15) is 4.79 Å². The molecular formula is C18H24N4O2. The molecule has 0 unspecified atom stereocenters. The van der Waals surface area contributed by atoms with Crippen molar-refractivity contribution < 1.29 is 9.53 Å². The lowest BCUT2D eigenvalue weighted by atomic mass is 9.86. The van der Waals surface area contributed by atoms with Crippen LogP contribution >= 0.6 is 0 Å². The standard InChI is InChI=1S/C18H24N4O2/c1-20-9-10-22(13-18(20)7-11-24-12-8-18)17(23)16-14-5-3-4-6-15(14)21(2)19-16/h3-6H,7-13H2,1-2H3. The van der Waals surface area contributed by atoms with E-state index in [0.29, 0.717) is 5.69 Å². The van der Waals surface area contributed by atoms with E-state index in [0.717, 1.165) is 56.6 Å². The van der Waals surface area contributed by atoms with Crippen molar-refractivity contribution in [1.82, 2.24) is 19.6 Å². The largest absolute Gasteiger partial charge is 0.381 e. The number of aromatic nitrogens is 2. The number of hydrogen-bond donors (Lipinski definition) is 0. The van der Waals surface area contributed by atoms with Gasteiger partial charge in [-0.2, -0.15) is 5.10 Å². The van der Waals surface area contributed by atoms with E-state index in [1.54, 1.807) is 4.68 Å². The van der Waals surface area contributed by atoms with Crippen molar-refractivity contribution >= 4 is 16.8 Å². The number of benzene rings is 1. The Bertz CT molecular complexity index is 763. The molecule has 4 rings (SSSR count). The third-order valence-corrected chi connectivity index (χ3v) is 5.67. The highest BCUT2D eigenvalue weighted by molar-refractivity contribution is 6.04. The molecule has 0 aliphatic carbocycles. The van der Waals surface area contributed by atoms with E-state index in [1.807, 2.05) is 36.2 Å². The van der Waals surface area contributed by atoms with Gasteiger partial charge in [0.05, 0.1) is 5.52 Å². The molecule has 2 aliphatic heterocycles. The van der Waals surface area contributed by atoms with Crippen LogP contribution in [0.15, 0.2) is 24.3 Å². The summed E-state index contributed by atoms with van der Waals surface area (Å²) < 4.78 is 7.34. The Labute approximate surface area is 142 Å². The molecule has 0 radical (unpaired) electrons. The lowest BCUT2D eigenvalue weighted by Gasteiger charge is -2.51. The van der Waals surface area contributed by atoms with Crippen molar-refractivity contribution in [2.24, 2.45) is 7.05 Å². The summed E-state index contributed by atoms with van der Waals surface area (Å²) in [6.07, 6.45) is 1.96. The van der Waals surface area contributed by atoms with Gasteiger partial charge in [-0.3, -0.25) is 14.4 Å². The number of likely N-dealkylation sites (N-methyl/N-ethyl adjacent to an activating group) is 1. The first-order valence-corrected chi connectivity index (χ1v) is 8.61. The number of rotatable bonds is 1. The van der Waals surface area contributed by atoms with Gasteiger partial charge in [-0.15, -0.1) is 0 Å². The number of aryl methyl sites for hydroxylation is 1. The number of ether oxygens (including phenoxy) is 1. The lowest BCUT2D eigenvalue weighted by Crippen LogP contribution is -2.63. The maximum absolute atomic E-state index is 13.2. The summed E-state index contributed by atoms with van der Waals surface area (Å²) in [5.41, 5.74) is 1.62. The quantitative estimate of drug-likeness (QED) is 0.796. The zero-order chi connectivity index (χ0) is 16.7. The first-order valence-electron chi connectivity index (χ1n) is 8.61. The van der Waals surface area contributed by atoms with Crippen LogP contribution in [0.5, 0.6) is 0 Å². The summed E-state index contributed by atoms with van der Waals surface area (Å²) in [4.78, 5) is 17.6. The molecule has 1 aromatic heterocycles. The van der Waals surface area contributed by atoms with Gasteiger partial charge in [-0.1, -0.05) is 18.2 Å². The minimum atomic E-state index is 0.0470. The highest BCUT2D eigenvalue weighted by atomic mass is 16.5. The van der Waals surface area contributed by atoms with Crippen LogP contribution in [-0.2, 0) is 11.8 Å². The van der Waals surface area contributed by atoms with Crippen LogP contribution in [0.3, 0.4) is 0 Å². The maximum atomic E-state index is 13.2. The van der Waals surface area contributed by atoms with Gasteiger partial charge in [0.2, 0.25) is 0 Å². The van der Waals surface area contributed by atoms with Gasteiger partial charge in [-0.25, -0.2) is 0 Å². The minimum absolute atomic E-state index is 0.0470. The van der Waals surface area contributed by atoms with E-state index in [4.69, 9.17) is 4.74 Å². The molecule has 2 fully saturated rings. The fourth-order valence-corrected chi connectivity index (χ4v) is 4.05. The number of piperazine rings is 1. The third kappa shape index (κ3) is 2.41. The van der Waals surface area contributed by atoms with Crippen molar-refractivity contribution in [3.05, 3.63) is 30.0 Å². The monoisotopic (exact) mass is 328 g/mol. The van der Waals surface area contributed by atoms with Crippen LogP contribution in [0.1, 0.15) is 23.3 Å². The average Bonchev–Trinajstić information content (AvgIpc) is 2.95. The highest BCUT2D eigenvalue weighted by Crippen LogP contribution is 2.31. The molecule has 1 aromatic carbocycles. The highest BCUT2D eigenvalue weighted by Gasteiger charge is 2.42. The second kappa shape index (κ2) is 5.86. The van der Waals surface area contributed by atoms with Crippen LogP contribution in [0.2, 0.25) is 0 Å². The van der Waals surface area contributed by atoms with Crippen molar-refractivity contribution in [1.29, 1.82) is 0 Å². The second-order valence-corrected chi connectivity index (χ2v) is 6.97. The first-order chi connectivity index (χ1) is 11.6. The molecule has 3 heterocycles. The molecule has 0 atom stereocenters. The van der Waals surface area contributed by atoms with Gasteiger partial charge in [0.15, 0.2) is 5.69 Å². The van der Waals surface area contributed by atoms with Gasteiger partial charge in [0.25, 0.3) is 5.91 Å². The molecule has 24 heavy (non-hydrogen) atoms. The minimum Gasteiger partial charge on any atom is -0.381 e. The molecule has 1 spiro atoms. The fraction of sp³-hybridized carbons (Fsp3) is 0.556. The van der Waals surface area contributed by atoms with Gasteiger partial charge in [0, 0.05) is 50.8 Å². The Morgan fingerprint density at radius 3 is 2.71 bits per heavy atom. The van der Waals surface area contributed by atoms with Gasteiger partial charge in [0.1, 0.15) is 0 Å². The zero-order valence-electron chi connectivity index (χ0n) is 14.4. The predicted octanol–water partition coefficient (Wildman–Crippen LogP) is 1.51. The molecular weight excluding hydrogens is 304 g/mol. The van der Waals surface area contributed by atoms with Crippen molar-refractivity contribution in [3.8, 4) is 0 Å². The summed E-state index contributed by atoms with van der Waals surface area (Å²) in [5, 5.41) is 5.44. The Balaban J connectivity index is 1.64. The normalized spacial score (nSPS) is 21.5. The maximum Gasteiger partial charge on any atom is 0.275 e. The van der Waals surface area contributed by atoms with Crippen molar-refractivity contribution in [2.45, 2.75) is 18.4 Å². The Morgan fingerprint density at radius 1 is 1.17 bits per heavy atom. The molecule has 2 saturated heterocycles. The molecule has 2 aromatic rings. The number of hydrogen-bond acceptors (Lipinski definition) is 4. The number of fused-ring (bicyclic) bond motifs is 1. The number of para-hydroxylation sites is 1. The molecule has 2 aliphatic rings. The summed E-state index contributed by atoms with van der Waals surface area (Å²) in [5.74, 6) is 0.0470. The molecule has 128 valence electrons. The van der Waals surface area contributed by atoms with Crippen LogP contribution in [-0.4, -0.2) is 70.9 Å². The molecule has 0 N–H and O–H groups in total. The van der Waals surface area contributed by atoms with Crippen LogP contribution < -0.4 is 0 Å². The third-order valence-electron chi connectivity index (χ3n) is 5.67. The second-order valence-electron chi connectivity index (χ2n) is 6.97. The van der Waals surface area contributed by atoms with E-state index in [2.05, 4.69) is 17.0 Å². The number of carbonyl (C=O) groups excluding carboxylic acids is 1. The van der Waals surface area contributed by atoms with E-state index < -0.39 is 0 Å². The van der Waals surface area contributed by atoms with Crippen LogP contribution in [0, 0.1) is 0 Å². The zero-order valence-corrected chi connectivity index (χ0v) is 14.4. The van der Waals surface area contributed by atoms with Crippen molar-refractivity contribution in [2.75, 3.05) is 39.9 Å². The van der Waals surface area contributed by atoms with Gasteiger partial charge < -0.3 is 9.64 Å². The Hall–Kier alpha value is -1.92.